The van der Waals surface area contributed by atoms with E-state index >= 15 is 0 Å². The summed E-state index contributed by atoms with van der Waals surface area (Å²) in [6, 6.07) is 3.65. The summed E-state index contributed by atoms with van der Waals surface area (Å²) < 4.78 is 0.773. The molecule has 3 nitrogen and oxygen atoms in total. The van der Waals surface area contributed by atoms with Crippen LogP contribution in [-0.2, 0) is 4.79 Å². The molecule has 0 aliphatic heterocycles. The first kappa shape index (κ1) is 9.65. The van der Waals surface area contributed by atoms with Crippen LogP contribution in [0.25, 0.3) is 0 Å². The number of nitrogens with zero attached hydrogens (tertiary/aromatic N) is 1. The number of carbonyl (C=O) groups excluding carboxylic acids is 1. The summed E-state index contributed by atoms with van der Waals surface area (Å²) in [4.78, 5) is 15.6. The predicted molar refractivity (Wildman–Crippen MR) is 57.8 cm³/mol. The van der Waals surface area contributed by atoms with Crippen LogP contribution in [0.2, 0.25) is 0 Å². The minimum atomic E-state index is 0.113. The molecule has 0 spiro atoms. The maximum Gasteiger partial charge on any atom is 0.227 e. The maximum atomic E-state index is 11.5. The zero-order chi connectivity index (χ0) is 10.1. The molecule has 2 atom stereocenters. The Balaban J connectivity index is 1.97. The van der Waals surface area contributed by atoms with Crippen LogP contribution in [0.15, 0.2) is 22.9 Å². The van der Waals surface area contributed by atoms with Crippen LogP contribution in [0.5, 0.6) is 0 Å². The average Bonchev–Trinajstić information content (AvgIpc) is 2.87. The molecule has 1 heterocycles. The van der Waals surface area contributed by atoms with Gasteiger partial charge in [0.05, 0.1) is 11.9 Å². The fraction of sp³-hybridized carbons (Fsp3) is 0.400. The van der Waals surface area contributed by atoms with Crippen LogP contribution in [0.3, 0.4) is 0 Å². The second-order valence-corrected chi connectivity index (χ2v) is 4.49. The number of anilines is 1. The highest BCUT2D eigenvalue weighted by molar-refractivity contribution is 9.10. The lowest BCUT2D eigenvalue weighted by Gasteiger charge is -2.03. The van der Waals surface area contributed by atoms with Crippen molar-refractivity contribution in [1.29, 1.82) is 0 Å². The lowest BCUT2D eigenvalue weighted by atomic mass is 10.3. The fourth-order valence-electron chi connectivity index (χ4n) is 1.37. The Morgan fingerprint density at radius 3 is 2.86 bits per heavy atom. The molecule has 1 aliphatic rings. The highest BCUT2D eigenvalue weighted by Crippen LogP contribution is 2.38. The molecule has 1 amide bonds. The Bertz CT molecular complexity index is 350. The number of pyridine rings is 1. The molecule has 14 heavy (non-hydrogen) atoms. The largest absolute Gasteiger partial charge is 0.324 e. The average molecular weight is 255 g/mol. The first-order valence-electron chi connectivity index (χ1n) is 4.59. The monoisotopic (exact) mass is 254 g/mol. The van der Waals surface area contributed by atoms with Gasteiger partial charge in [-0.25, -0.2) is 4.98 Å². The number of carbonyl (C=O) groups is 1. The molecule has 1 aliphatic carbocycles. The van der Waals surface area contributed by atoms with Crippen LogP contribution in [0, 0.1) is 11.8 Å². The third-order valence-corrected chi connectivity index (χ3v) is 2.91. The van der Waals surface area contributed by atoms with E-state index in [-0.39, 0.29) is 11.8 Å². The third kappa shape index (κ3) is 2.12. The van der Waals surface area contributed by atoms with Crippen LogP contribution in [0.4, 0.5) is 5.69 Å². The molecule has 1 fully saturated rings. The fourth-order valence-corrected chi connectivity index (χ4v) is 1.61. The number of rotatable bonds is 2. The highest BCUT2D eigenvalue weighted by atomic mass is 79.9. The van der Waals surface area contributed by atoms with E-state index in [2.05, 4.69) is 33.2 Å². The number of aromatic nitrogens is 1. The summed E-state index contributed by atoms with van der Waals surface area (Å²) in [6.07, 6.45) is 2.66. The summed E-state index contributed by atoms with van der Waals surface area (Å²) in [5, 5.41) is 2.84. The zero-order valence-electron chi connectivity index (χ0n) is 7.83. The Morgan fingerprint density at radius 1 is 1.64 bits per heavy atom. The van der Waals surface area contributed by atoms with Crippen molar-refractivity contribution in [2.45, 2.75) is 13.3 Å². The van der Waals surface area contributed by atoms with Crippen molar-refractivity contribution in [3.05, 3.63) is 22.9 Å². The van der Waals surface area contributed by atoms with Crippen LogP contribution in [0.1, 0.15) is 13.3 Å². The van der Waals surface area contributed by atoms with Gasteiger partial charge >= 0.3 is 0 Å². The number of hydrogen-bond donors (Lipinski definition) is 1. The van der Waals surface area contributed by atoms with Crippen LogP contribution >= 0.6 is 15.9 Å². The Kier molecular flexibility index (Phi) is 2.54. The molecule has 1 saturated carbocycles. The Hall–Kier alpha value is -0.900. The number of hydrogen-bond acceptors (Lipinski definition) is 2. The zero-order valence-corrected chi connectivity index (χ0v) is 9.41. The molecule has 0 radical (unpaired) electrons. The third-order valence-electron chi connectivity index (χ3n) is 2.44. The first-order valence-corrected chi connectivity index (χ1v) is 5.38. The van der Waals surface area contributed by atoms with Gasteiger partial charge in [-0.3, -0.25) is 4.79 Å². The van der Waals surface area contributed by atoms with E-state index in [0.29, 0.717) is 5.92 Å². The molecule has 1 aromatic heterocycles. The van der Waals surface area contributed by atoms with Crippen molar-refractivity contribution < 1.29 is 4.79 Å². The minimum absolute atomic E-state index is 0.113. The quantitative estimate of drug-likeness (QED) is 0.824. The van der Waals surface area contributed by atoms with Crippen molar-refractivity contribution in [2.75, 3.05) is 5.32 Å². The van der Waals surface area contributed by atoms with Gasteiger partial charge in [0, 0.05) is 5.92 Å². The molecule has 0 bridgehead atoms. The van der Waals surface area contributed by atoms with Crippen molar-refractivity contribution in [3.63, 3.8) is 0 Å². The topological polar surface area (TPSA) is 42.0 Å². The van der Waals surface area contributed by atoms with E-state index in [0.717, 1.165) is 16.7 Å². The second kappa shape index (κ2) is 3.69. The summed E-state index contributed by atoms with van der Waals surface area (Å²) in [5.74, 6) is 0.860. The molecule has 2 rings (SSSR count). The smallest absolute Gasteiger partial charge is 0.227 e. The molecule has 0 saturated heterocycles. The number of amides is 1. The van der Waals surface area contributed by atoms with Gasteiger partial charge in [0.15, 0.2) is 0 Å². The van der Waals surface area contributed by atoms with Crippen LogP contribution < -0.4 is 5.32 Å². The van der Waals surface area contributed by atoms with Gasteiger partial charge in [0.1, 0.15) is 4.60 Å². The van der Waals surface area contributed by atoms with Gasteiger partial charge in [0.2, 0.25) is 5.91 Å². The molecule has 0 aromatic carbocycles. The SMILES string of the molecule is CC1CC1C(=O)Nc1ccc(Br)nc1. The summed E-state index contributed by atoms with van der Waals surface area (Å²) in [7, 11) is 0. The number of halogens is 1. The van der Waals surface area contributed by atoms with Gasteiger partial charge in [-0.2, -0.15) is 0 Å². The molecule has 1 N–H and O–H groups in total. The first-order chi connectivity index (χ1) is 6.66. The van der Waals surface area contributed by atoms with E-state index in [9.17, 15) is 4.79 Å². The summed E-state index contributed by atoms with van der Waals surface area (Å²) >= 11 is 3.24. The van der Waals surface area contributed by atoms with Crippen molar-refractivity contribution in [2.24, 2.45) is 11.8 Å². The van der Waals surface area contributed by atoms with Gasteiger partial charge in [-0.1, -0.05) is 6.92 Å². The molecule has 2 unspecified atom stereocenters. The van der Waals surface area contributed by atoms with Gasteiger partial charge in [-0.15, -0.1) is 0 Å². The molecule has 1 aromatic rings. The summed E-state index contributed by atoms with van der Waals surface area (Å²) in [5.41, 5.74) is 0.761. The standard InChI is InChI=1S/C10H11BrN2O/c1-6-4-8(6)10(14)13-7-2-3-9(11)12-5-7/h2-3,5-6,8H,4H2,1H3,(H,13,14). The predicted octanol–water partition coefficient (Wildman–Crippen LogP) is 2.44. The normalized spacial score (nSPS) is 24.4. The van der Waals surface area contributed by atoms with E-state index in [1.807, 2.05) is 12.1 Å². The molecule has 4 heteroatoms. The maximum absolute atomic E-state index is 11.5. The lowest BCUT2D eigenvalue weighted by Crippen LogP contribution is -2.14. The van der Waals surface area contributed by atoms with Gasteiger partial charge < -0.3 is 5.32 Å². The Labute approximate surface area is 91.0 Å². The molecular formula is C10H11BrN2O. The highest BCUT2D eigenvalue weighted by Gasteiger charge is 2.38. The lowest BCUT2D eigenvalue weighted by molar-refractivity contribution is -0.117. The van der Waals surface area contributed by atoms with E-state index in [1.54, 1.807) is 6.20 Å². The van der Waals surface area contributed by atoms with Gasteiger partial charge in [0.25, 0.3) is 0 Å². The van der Waals surface area contributed by atoms with Gasteiger partial charge in [-0.05, 0) is 40.4 Å². The van der Waals surface area contributed by atoms with Crippen molar-refractivity contribution in [3.8, 4) is 0 Å². The summed E-state index contributed by atoms with van der Waals surface area (Å²) in [6.45, 7) is 2.09. The van der Waals surface area contributed by atoms with E-state index in [1.165, 1.54) is 0 Å². The second-order valence-electron chi connectivity index (χ2n) is 3.68. The van der Waals surface area contributed by atoms with Crippen molar-refractivity contribution in [1.82, 2.24) is 4.98 Å². The number of nitrogens with one attached hydrogen (secondary N) is 1. The molecular weight excluding hydrogens is 244 g/mol. The Morgan fingerprint density at radius 2 is 2.36 bits per heavy atom. The van der Waals surface area contributed by atoms with E-state index < -0.39 is 0 Å². The van der Waals surface area contributed by atoms with Crippen LogP contribution in [-0.4, -0.2) is 10.9 Å². The minimum Gasteiger partial charge on any atom is -0.324 e. The van der Waals surface area contributed by atoms with Crippen molar-refractivity contribution >= 4 is 27.5 Å². The van der Waals surface area contributed by atoms with E-state index in [4.69, 9.17) is 0 Å². The molecule has 74 valence electrons.